The van der Waals surface area contributed by atoms with Crippen molar-refractivity contribution in [2.45, 2.75) is 71.0 Å². The van der Waals surface area contributed by atoms with E-state index in [0.717, 1.165) is 48.8 Å². The number of hydrogen-bond donors (Lipinski definition) is 1. The molecular formula is C32H38N2O3. The molecular weight excluding hydrogens is 460 g/mol. The van der Waals surface area contributed by atoms with Gasteiger partial charge in [-0.15, -0.1) is 0 Å². The molecule has 0 radical (unpaired) electrons. The Balaban J connectivity index is 1.59. The average Bonchev–Trinajstić information content (AvgIpc) is 3.43. The van der Waals surface area contributed by atoms with Crippen LogP contribution in [0.1, 0.15) is 54.9 Å². The highest BCUT2D eigenvalue weighted by Crippen LogP contribution is 2.21. The predicted octanol–water partition coefficient (Wildman–Crippen LogP) is 5.64. The van der Waals surface area contributed by atoms with E-state index in [1.807, 2.05) is 79.7 Å². The van der Waals surface area contributed by atoms with Gasteiger partial charge in [-0.25, -0.2) is 0 Å². The molecule has 1 saturated carbocycles. The van der Waals surface area contributed by atoms with E-state index in [-0.39, 0.29) is 24.5 Å². The number of benzene rings is 3. The first-order chi connectivity index (χ1) is 18.0. The van der Waals surface area contributed by atoms with Gasteiger partial charge in [-0.1, -0.05) is 92.1 Å². The molecule has 0 spiro atoms. The van der Waals surface area contributed by atoms with Crippen molar-refractivity contribution in [2.75, 3.05) is 6.61 Å². The minimum Gasteiger partial charge on any atom is -0.484 e. The SMILES string of the molecule is CCc1ccc(OCC(=O)N(Cc2cccc(C)c2)[C@@H](Cc2ccccc2)C(=O)NC2CCCC2)cc1. The van der Waals surface area contributed by atoms with Gasteiger partial charge in [0.05, 0.1) is 0 Å². The second kappa shape index (κ2) is 13.1. The van der Waals surface area contributed by atoms with Gasteiger partial charge in [0.1, 0.15) is 11.8 Å². The minimum atomic E-state index is -0.637. The van der Waals surface area contributed by atoms with Gasteiger partial charge in [0, 0.05) is 19.0 Å². The smallest absolute Gasteiger partial charge is 0.261 e. The number of ether oxygens (including phenoxy) is 1. The van der Waals surface area contributed by atoms with E-state index in [1.54, 1.807) is 4.90 Å². The Hall–Kier alpha value is -3.60. The molecule has 4 rings (SSSR count). The van der Waals surface area contributed by atoms with Gasteiger partial charge in [-0.3, -0.25) is 9.59 Å². The van der Waals surface area contributed by atoms with Crippen LogP contribution in [-0.2, 0) is 29.0 Å². The third-order valence-electron chi connectivity index (χ3n) is 7.10. The van der Waals surface area contributed by atoms with Crippen LogP contribution in [0.15, 0.2) is 78.9 Å². The zero-order valence-electron chi connectivity index (χ0n) is 22.0. The quantitative estimate of drug-likeness (QED) is 0.372. The van der Waals surface area contributed by atoms with Crippen molar-refractivity contribution in [3.05, 3.63) is 101 Å². The molecule has 1 atom stereocenters. The third kappa shape index (κ3) is 7.69. The van der Waals surface area contributed by atoms with Crippen LogP contribution in [0.5, 0.6) is 5.75 Å². The Labute approximate surface area is 220 Å². The van der Waals surface area contributed by atoms with Gasteiger partial charge in [0.15, 0.2) is 6.61 Å². The standard InChI is InChI=1S/C32H38N2O3/c1-3-25-16-18-29(19-17-25)37-23-31(35)34(22-27-13-9-10-24(2)20-27)30(21-26-11-5-4-6-12-26)32(36)33-28-14-7-8-15-28/h4-6,9-13,16-20,28,30H,3,7-8,14-15,21-23H2,1-2H3,(H,33,36)/t30-/m0/s1. The summed E-state index contributed by atoms with van der Waals surface area (Å²) in [5.41, 5.74) is 4.35. The van der Waals surface area contributed by atoms with Crippen LogP contribution in [0, 0.1) is 6.92 Å². The lowest BCUT2D eigenvalue weighted by Gasteiger charge is -2.32. The minimum absolute atomic E-state index is 0.0935. The maximum atomic E-state index is 13.7. The molecule has 3 aromatic rings. The zero-order valence-corrected chi connectivity index (χ0v) is 22.0. The van der Waals surface area contributed by atoms with Crippen molar-refractivity contribution in [1.82, 2.24) is 10.2 Å². The first-order valence-corrected chi connectivity index (χ1v) is 13.4. The highest BCUT2D eigenvalue weighted by molar-refractivity contribution is 5.88. The molecule has 1 N–H and O–H groups in total. The van der Waals surface area contributed by atoms with Gasteiger partial charge in [0.25, 0.3) is 5.91 Å². The maximum absolute atomic E-state index is 13.7. The molecule has 5 heteroatoms. The van der Waals surface area contributed by atoms with E-state index < -0.39 is 6.04 Å². The number of aryl methyl sites for hydroxylation is 2. The van der Waals surface area contributed by atoms with Gasteiger partial charge >= 0.3 is 0 Å². The Kier molecular flexibility index (Phi) is 9.36. The van der Waals surface area contributed by atoms with Crippen molar-refractivity contribution in [1.29, 1.82) is 0 Å². The van der Waals surface area contributed by atoms with Gasteiger partial charge in [-0.2, -0.15) is 0 Å². The molecule has 0 saturated heterocycles. The van der Waals surface area contributed by atoms with Crippen molar-refractivity contribution in [3.8, 4) is 5.75 Å². The van der Waals surface area contributed by atoms with Crippen LogP contribution < -0.4 is 10.1 Å². The van der Waals surface area contributed by atoms with E-state index in [2.05, 4.69) is 18.3 Å². The summed E-state index contributed by atoms with van der Waals surface area (Å²) in [6.45, 7) is 4.35. The van der Waals surface area contributed by atoms with E-state index >= 15 is 0 Å². The summed E-state index contributed by atoms with van der Waals surface area (Å²) in [6.07, 6.45) is 5.64. The summed E-state index contributed by atoms with van der Waals surface area (Å²) in [4.78, 5) is 29.1. The number of carbonyl (C=O) groups excluding carboxylic acids is 2. The summed E-state index contributed by atoms with van der Waals surface area (Å²) in [7, 11) is 0. The largest absolute Gasteiger partial charge is 0.484 e. The highest BCUT2D eigenvalue weighted by Gasteiger charge is 2.32. The molecule has 0 aliphatic heterocycles. The third-order valence-corrected chi connectivity index (χ3v) is 7.10. The molecule has 5 nitrogen and oxygen atoms in total. The van der Waals surface area contributed by atoms with Crippen LogP contribution in [0.4, 0.5) is 0 Å². The number of carbonyl (C=O) groups is 2. The van der Waals surface area contributed by atoms with Crippen LogP contribution >= 0.6 is 0 Å². The molecule has 0 unspecified atom stereocenters. The molecule has 3 aromatic carbocycles. The first-order valence-electron chi connectivity index (χ1n) is 13.4. The van der Waals surface area contributed by atoms with Crippen molar-refractivity contribution in [3.63, 3.8) is 0 Å². The fourth-order valence-electron chi connectivity index (χ4n) is 4.98. The molecule has 1 aliphatic carbocycles. The van der Waals surface area contributed by atoms with Crippen LogP contribution in [0.2, 0.25) is 0 Å². The lowest BCUT2D eigenvalue weighted by molar-refractivity contribution is -0.143. The average molecular weight is 499 g/mol. The number of hydrogen-bond acceptors (Lipinski definition) is 3. The molecule has 0 heterocycles. The number of nitrogens with one attached hydrogen (secondary N) is 1. The Morgan fingerprint density at radius 1 is 0.919 bits per heavy atom. The molecule has 1 fully saturated rings. The van der Waals surface area contributed by atoms with Crippen molar-refractivity contribution in [2.24, 2.45) is 0 Å². The molecule has 37 heavy (non-hydrogen) atoms. The van der Waals surface area contributed by atoms with Gasteiger partial charge in [-0.05, 0) is 55.0 Å². The summed E-state index contributed by atoms with van der Waals surface area (Å²) >= 11 is 0. The Morgan fingerprint density at radius 2 is 1.62 bits per heavy atom. The van der Waals surface area contributed by atoms with E-state index in [9.17, 15) is 9.59 Å². The van der Waals surface area contributed by atoms with Crippen LogP contribution in [0.3, 0.4) is 0 Å². The fraction of sp³-hybridized carbons (Fsp3) is 0.375. The normalized spacial score (nSPS) is 14.2. The topological polar surface area (TPSA) is 58.6 Å². The number of amides is 2. The molecule has 1 aliphatic rings. The van der Waals surface area contributed by atoms with Crippen LogP contribution in [0.25, 0.3) is 0 Å². The summed E-state index contributed by atoms with van der Waals surface area (Å²) in [5, 5.41) is 3.24. The van der Waals surface area contributed by atoms with Gasteiger partial charge < -0.3 is 15.0 Å². The lowest BCUT2D eigenvalue weighted by Crippen LogP contribution is -2.53. The Bertz CT molecular complexity index is 1150. The van der Waals surface area contributed by atoms with Crippen molar-refractivity contribution < 1.29 is 14.3 Å². The second-order valence-corrected chi connectivity index (χ2v) is 9.99. The van der Waals surface area contributed by atoms with E-state index in [1.165, 1.54) is 5.56 Å². The van der Waals surface area contributed by atoms with Crippen LogP contribution in [-0.4, -0.2) is 35.4 Å². The fourth-order valence-corrected chi connectivity index (χ4v) is 4.98. The summed E-state index contributed by atoms with van der Waals surface area (Å²) < 4.78 is 5.90. The predicted molar refractivity (Wildman–Crippen MR) is 147 cm³/mol. The molecule has 2 amide bonds. The van der Waals surface area contributed by atoms with Gasteiger partial charge in [0.2, 0.25) is 5.91 Å². The van der Waals surface area contributed by atoms with E-state index in [4.69, 9.17) is 4.74 Å². The molecule has 0 bridgehead atoms. The molecule has 0 aromatic heterocycles. The lowest BCUT2D eigenvalue weighted by atomic mass is 10.0. The Morgan fingerprint density at radius 3 is 2.30 bits per heavy atom. The highest BCUT2D eigenvalue weighted by atomic mass is 16.5. The summed E-state index contributed by atoms with van der Waals surface area (Å²) in [6, 6.07) is 25.4. The first kappa shape index (κ1) is 26.5. The monoisotopic (exact) mass is 498 g/mol. The van der Waals surface area contributed by atoms with Crippen molar-refractivity contribution >= 4 is 11.8 Å². The number of nitrogens with zero attached hydrogens (tertiary/aromatic N) is 1. The second-order valence-electron chi connectivity index (χ2n) is 9.99. The van der Waals surface area contributed by atoms with E-state index in [0.29, 0.717) is 18.7 Å². The zero-order chi connectivity index (χ0) is 26.0. The maximum Gasteiger partial charge on any atom is 0.261 e. The summed E-state index contributed by atoms with van der Waals surface area (Å²) in [5.74, 6) is 0.351. The number of rotatable bonds is 11. The molecule has 194 valence electrons.